The van der Waals surface area contributed by atoms with E-state index in [9.17, 15) is 9.59 Å². The molecule has 154 valence electrons. The van der Waals surface area contributed by atoms with E-state index < -0.39 is 0 Å². The Morgan fingerprint density at radius 3 is 2.64 bits per heavy atom. The molecule has 0 bridgehead atoms. The van der Waals surface area contributed by atoms with Gasteiger partial charge in [-0.1, -0.05) is 0 Å². The summed E-state index contributed by atoms with van der Waals surface area (Å²) in [5.41, 5.74) is 0.386. The summed E-state index contributed by atoms with van der Waals surface area (Å²) in [6, 6.07) is 0.648. The number of nitrogens with zero attached hydrogens (tertiary/aromatic N) is 3. The van der Waals surface area contributed by atoms with Gasteiger partial charge in [-0.2, -0.15) is 0 Å². The third kappa shape index (κ3) is 3.74. The van der Waals surface area contributed by atoms with Gasteiger partial charge in [0, 0.05) is 38.3 Å². The zero-order chi connectivity index (χ0) is 19.7. The number of rotatable bonds is 4. The maximum absolute atomic E-state index is 12.7. The van der Waals surface area contributed by atoms with Gasteiger partial charge >= 0.3 is 6.03 Å². The number of hydrogen-bond acceptors (Lipinski definition) is 5. The third-order valence-electron chi connectivity index (χ3n) is 6.26. The van der Waals surface area contributed by atoms with Crippen LogP contribution in [0, 0.1) is 6.92 Å². The average molecular weight is 390 g/mol. The highest BCUT2D eigenvalue weighted by Crippen LogP contribution is 2.40. The van der Waals surface area contributed by atoms with Crippen LogP contribution in [-0.2, 0) is 4.74 Å². The lowest BCUT2D eigenvalue weighted by molar-refractivity contribution is -0.126. The Bertz CT molecular complexity index is 722. The molecule has 28 heavy (non-hydrogen) atoms. The number of amides is 3. The summed E-state index contributed by atoms with van der Waals surface area (Å²) in [4.78, 5) is 33.2. The Hall–Kier alpha value is -2.09. The highest BCUT2D eigenvalue weighted by molar-refractivity contribution is 5.92. The number of carbonyl (C=O) groups excluding carboxylic acids is 2. The molecule has 8 heteroatoms. The van der Waals surface area contributed by atoms with Crippen molar-refractivity contribution in [1.29, 1.82) is 0 Å². The number of carbonyl (C=O) groups is 2. The molecule has 3 aliphatic rings. The number of oxazole rings is 1. The molecule has 1 unspecified atom stereocenters. The standard InChI is InChI=1S/C20H30N4O4/c1-3-21-19(26)24(15-4-5-15)16-6-11-28-20(12-16)7-9-23(10-8-20)18(25)17-14(2)22-13-27-17/h13,15-16H,3-12H2,1-2H3,(H,21,26). The molecule has 3 amide bonds. The lowest BCUT2D eigenvalue weighted by atomic mass is 9.81. The lowest BCUT2D eigenvalue weighted by Gasteiger charge is -2.48. The smallest absolute Gasteiger partial charge is 0.317 e. The summed E-state index contributed by atoms with van der Waals surface area (Å²) in [6.07, 6.45) is 6.82. The molecule has 1 spiro atoms. The molecule has 1 saturated carbocycles. The number of piperidine rings is 1. The molecule has 0 radical (unpaired) electrons. The van der Waals surface area contributed by atoms with Gasteiger partial charge in [-0.3, -0.25) is 4.79 Å². The number of nitrogens with one attached hydrogen (secondary N) is 1. The fourth-order valence-electron chi connectivity index (χ4n) is 4.58. The van der Waals surface area contributed by atoms with Gasteiger partial charge in [0.25, 0.3) is 5.91 Å². The fraction of sp³-hybridized carbons (Fsp3) is 0.750. The highest BCUT2D eigenvalue weighted by atomic mass is 16.5. The van der Waals surface area contributed by atoms with E-state index >= 15 is 0 Å². The zero-order valence-electron chi connectivity index (χ0n) is 16.8. The van der Waals surface area contributed by atoms with Gasteiger partial charge in [-0.25, -0.2) is 9.78 Å². The van der Waals surface area contributed by atoms with Gasteiger partial charge in [0.2, 0.25) is 5.76 Å². The van der Waals surface area contributed by atoms with Crippen LogP contribution in [-0.4, -0.2) is 70.6 Å². The number of ether oxygens (including phenoxy) is 1. The molecule has 0 aromatic carbocycles. The first-order chi connectivity index (χ1) is 13.5. The van der Waals surface area contributed by atoms with Crippen molar-refractivity contribution in [3.8, 4) is 0 Å². The summed E-state index contributed by atoms with van der Waals surface area (Å²) in [5.74, 6) is 0.230. The topological polar surface area (TPSA) is 87.9 Å². The lowest BCUT2D eigenvalue weighted by Crippen LogP contribution is -2.57. The molecule has 1 atom stereocenters. The molecule has 4 rings (SSSR count). The molecule has 1 aromatic rings. The van der Waals surface area contributed by atoms with Crippen molar-refractivity contribution in [1.82, 2.24) is 20.1 Å². The molecule has 1 aromatic heterocycles. The molecule has 1 aliphatic carbocycles. The Morgan fingerprint density at radius 2 is 2.04 bits per heavy atom. The van der Waals surface area contributed by atoms with E-state index in [1.807, 2.05) is 11.8 Å². The number of likely N-dealkylation sites (tertiary alicyclic amines) is 1. The fourth-order valence-corrected chi connectivity index (χ4v) is 4.58. The van der Waals surface area contributed by atoms with Crippen LogP contribution in [0.15, 0.2) is 10.8 Å². The SMILES string of the molecule is CCNC(=O)N(C1CC1)C1CCOC2(CCN(C(=O)c3ocnc3C)CC2)C1. The Morgan fingerprint density at radius 1 is 1.29 bits per heavy atom. The van der Waals surface area contributed by atoms with Crippen molar-refractivity contribution in [3.63, 3.8) is 0 Å². The van der Waals surface area contributed by atoms with Crippen LogP contribution >= 0.6 is 0 Å². The predicted octanol–water partition coefficient (Wildman–Crippen LogP) is 2.33. The number of hydrogen-bond donors (Lipinski definition) is 1. The summed E-state index contributed by atoms with van der Waals surface area (Å²) >= 11 is 0. The van der Waals surface area contributed by atoms with E-state index in [2.05, 4.69) is 15.2 Å². The van der Waals surface area contributed by atoms with Crippen LogP contribution in [0.2, 0.25) is 0 Å². The second-order valence-electron chi connectivity index (χ2n) is 8.21. The van der Waals surface area contributed by atoms with Crippen molar-refractivity contribution in [2.24, 2.45) is 0 Å². The number of aryl methyl sites for hydroxylation is 1. The monoisotopic (exact) mass is 390 g/mol. The second-order valence-corrected chi connectivity index (χ2v) is 8.21. The van der Waals surface area contributed by atoms with Gasteiger partial charge in [-0.05, 0) is 52.4 Å². The minimum atomic E-state index is -0.240. The molecular formula is C20H30N4O4. The first-order valence-electron chi connectivity index (χ1n) is 10.4. The van der Waals surface area contributed by atoms with E-state index in [0.29, 0.717) is 43.7 Å². The van der Waals surface area contributed by atoms with Crippen molar-refractivity contribution in [3.05, 3.63) is 17.8 Å². The van der Waals surface area contributed by atoms with Gasteiger partial charge < -0.3 is 24.3 Å². The van der Waals surface area contributed by atoms with Crippen LogP contribution in [0.3, 0.4) is 0 Å². The van der Waals surface area contributed by atoms with E-state index in [1.54, 1.807) is 6.92 Å². The van der Waals surface area contributed by atoms with Crippen LogP contribution in [0.1, 0.15) is 61.7 Å². The van der Waals surface area contributed by atoms with Crippen molar-refractivity contribution >= 4 is 11.9 Å². The van der Waals surface area contributed by atoms with Crippen LogP contribution in [0.4, 0.5) is 4.79 Å². The van der Waals surface area contributed by atoms with Crippen LogP contribution in [0.5, 0.6) is 0 Å². The van der Waals surface area contributed by atoms with E-state index in [0.717, 1.165) is 38.5 Å². The zero-order valence-corrected chi connectivity index (χ0v) is 16.8. The first kappa shape index (κ1) is 19.2. The predicted molar refractivity (Wildman–Crippen MR) is 102 cm³/mol. The van der Waals surface area contributed by atoms with E-state index in [-0.39, 0.29) is 23.6 Å². The van der Waals surface area contributed by atoms with Crippen LogP contribution in [0.25, 0.3) is 0 Å². The molecule has 1 N–H and O–H groups in total. The molecular weight excluding hydrogens is 360 g/mol. The Balaban J connectivity index is 1.40. The summed E-state index contributed by atoms with van der Waals surface area (Å²) in [6.45, 7) is 6.33. The maximum Gasteiger partial charge on any atom is 0.317 e. The van der Waals surface area contributed by atoms with Gasteiger partial charge in [0.15, 0.2) is 6.39 Å². The number of aromatic nitrogens is 1. The molecule has 8 nitrogen and oxygen atoms in total. The largest absolute Gasteiger partial charge is 0.438 e. The van der Waals surface area contributed by atoms with Crippen molar-refractivity contribution in [2.75, 3.05) is 26.2 Å². The Kier molecular flexibility index (Phi) is 5.31. The first-order valence-corrected chi connectivity index (χ1v) is 10.4. The molecule has 2 saturated heterocycles. The second kappa shape index (κ2) is 7.73. The Labute approximate surface area is 165 Å². The summed E-state index contributed by atoms with van der Waals surface area (Å²) in [5, 5.41) is 2.98. The minimum Gasteiger partial charge on any atom is -0.438 e. The van der Waals surface area contributed by atoms with Gasteiger partial charge in [0.1, 0.15) is 0 Å². The highest BCUT2D eigenvalue weighted by Gasteiger charge is 2.46. The molecule has 3 fully saturated rings. The van der Waals surface area contributed by atoms with Crippen molar-refractivity contribution < 1.29 is 18.7 Å². The summed E-state index contributed by atoms with van der Waals surface area (Å²) < 4.78 is 11.5. The number of urea groups is 1. The maximum atomic E-state index is 12.7. The molecule has 2 aliphatic heterocycles. The third-order valence-corrected chi connectivity index (χ3v) is 6.26. The van der Waals surface area contributed by atoms with E-state index in [1.165, 1.54) is 6.39 Å². The van der Waals surface area contributed by atoms with Crippen molar-refractivity contribution in [2.45, 2.75) is 70.1 Å². The quantitative estimate of drug-likeness (QED) is 0.852. The van der Waals surface area contributed by atoms with Gasteiger partial charge in [-0.15, -0.1) is 0 Å². The van der Waals surface area contributed by atoms with E-state index in [4.69, 9.17) is 9.15 Å². The minimum absolute atomic E-state index is 0.0560. The summed E-state index contributed by atoms with van der Waals surface area (Å²) in [7, 11) is 0. The van der Waals surface area contributed by atoms with Crippen LogP contribution < -0.4 is 5.32 Å². The average Bonchev–Trinajstić information content (AvgIpc) is 3.42. The van der Waals surface area contributed by atoms with Gasteiger partial charge in [0.05, 0.1) is 11.3 Å². The normalized spacial score (nSPS) is 24.2. The molecule has 3 heterocycles.